The van der Waals surface area contributed by atoms with E-state index in [1.807, 2.05) is 6.92 Å². The van der Waals surface area contributed by atoms with Gasteiger partial charge in [0.25, 0.3) is 0 Å². The van der Waals surface area contributed by atoms with Crippen LogP contribution in [0.2, 0.25) is 0 Å². The van der Waals surface area contributed by atoms with Crippen molar-refractivity contribution in [2.24, 2.45) is 5.92 Å². The first-order chi connectivity index (χ1) is 6.62. The molecule has 0 aromatic carbocycles. The largest absolute Gasteiger partial charge is 0.349 e. The minimum absolute atomic E-state index is 0.119. The van der Waals surface area contributed by atoms with Crippen LogP contribution < -0.4 is 5.32 Å². The molecule has 3 heteroatoms. The third kappa shape index (κ3) is 2.88. The van der Waals surface area contributed by atoms with Crippen LogP contribution in [-0.2, 0) is 4.79 Å². The molecule has 0 heterocycles. The third-order valence-corrected chi connectivity index (χ3v) is 3.58. The molecule has 2 atom stereocenters. The molecule has 0 radical (unpaired) electrons. The van der Waals surface area contributed by atoms with E-state index in [0.717, 1.165) is 12.8 Å². The van der Waals surface area contributed by atoms with Gasteiger partial charge in [-0.25, -0.2) is 0 Å². The van der Waals surface area contributed by atoms with Crippen molar-refractivity contribution in [3.63, 3.8) is 0 Å². The zero-order valence-corrected chi connectivity index (χ0v) is 9.86. The highest BCUT2D eigenvalue weighted by molar-refractivity contribution is 6.18. The lowest BCUT2D eigenvalue weighted by Crippen LogP contribution is -2.52. The van der Waals surface area contributed by atoms with E-state index in [1.54, 1.807) is 0 Å². The second-order valence-electron chi connectivity index (χ2n) is 4.52. The Balaban J connectivity index is 2.60. The molecule has 1 N–H and O–H groups in total. The van der Waals surface area contributed by atoms with E-state index in [-0.39, 0.29) is 11.4 Å². The number of rotatable bonds is 3. The topological polar surface area (TPSA) is 29.1 Å². The highest BCUT2D eigenvalue weighted by atomic mass is 35.5. The van der Waals surface area contributed by atoms with Crippen molar-refractivity contribution >= 4 is 17.5 Å². The molecule has 0 bridgehead atoms. The van der Waals surface area contributed by atoms with E-state index in [4.69, 9.17) is 11.6 Å². The van der Waals surface area contributed by atoms with Crippen molar-refractivity contribution in [2.75, 3.05) is 5.88 Å². The van der Waals surface area contributed by atoms with Crippen molar-refractivity contribution in [1.29, 1.82) is 0 Å². The van der Waals surface area contributed by atoms with Gasteiger partial charge in [0.2, 0.25) is 5.91 Å². The maximum absolute atomic E-state index is 11.4. The minimum Gasteiger partial charge on any atom is -0.349 e. The molecule has 0 saturated heterocycles. The minimum atomic E-state index is -0.119. The molecular weight excluding hydrogens is 198 g/mol. The van der Waals surface area contributed by atoms with Crippen molar-refractivity contribution in [3.8, 4) is 0 Å². The maximum atomic E-state index is 11.4. The van der Waals surface area contributed by atoms with Crippen molar-refractivity contribution in [3.05, 3.63) is 0 Å². The van der Waals surface area contributed by atoms with E-state index in [9.17, 15) is 4.79 Å². The van der Waals surface area contributed by atoms with Gasteiger partial charge in [0.05, 0.1) is 5.54 Å². The molecule has 1 fully saturated rings. The Bertz CT molecular complexity index is 207. The number of halogens is 1. The summed E-state index contributed by atoms with van der Waals surface area (Å²) in [4.78, 5) is 11.4. The summed E-state index contributed by atoms with van der Waals surface area (Å²) < 4.78 is 0. The molecule has 2 nitrogen and oxygen atoms in total. The number of nitrogens with one attached hydrogen (secondary N) is 1. The van der Waals surface area contributed by atoms with Crippen LogP contribution in [0.4, 0.5) is 0 Å². The first-order valence-electron chi connectivity index (χ1n) is 5.49. The van der Waals surface area contributed by atoms with Crippen LogP contribution in [0.5, 0.6) is 0 Å². The van der Waals surface area contributed by atoms with Crippen LogP contribution in [0.15, 0.2) is 0 Å². The number of hydrogen-bond acceptors (Lipinski definition) is 1. The summed E-state index contributed by atoms with van der Waals surface area (Å²) in [5.74, 6) is 1.35. The van der Waals surface area contributed by atoms with Crippen molar-refractivity contribution in [2.45, 2.75) is 51.5 Å². The zero-order valence-electron chi connectivity index (χ0n) is 9.11. The molecule has 0 spiro atoms. The van der Waals surface area contributed by atoms with Crippen LogP contribution in [0, 0.1) is 5.92 Å². The maximum Gasteiger partial charge on any atom is 0.220 e. The summed E-state index contributed by atoms with van der Waals surface area (Å²) in [6.07, 6.45) is 5.06. The van der Waals surface area contributed by atoms with Crippen molar-refractivity contribution < 1.29 is 4.79 Å². The highest BCUT2D eigenvalue weighted by Crippen LogP contribution is 2.33. The summed E-state index contributed by atoms with van der Waals surface area (Å²) in [5.41, 5.74) is -0.119. The predicted molar refractivity (Wildman–Crippen MR) is 59.5 cm³/mol. The predicted octanol–water partition coefficient (Wildman–Crippen LogP) is 2.70. The number of amides is 1. The number of carbonyl (C=O) groups excluding carboxylic acids is 1. The smallest absolute Gasteiger partial charge is 0.220 e. The molecule has 82 valence electrons. The summed E-state index contributed by atoms with van der Waals surface area (Å²) >= 11 is 5.99. The monoisotopic (exact) mass is 217 g/mol. The van der Waals surface area contributed by atoms with Crippen LogP contribution >= 0.6 is 11.6 Å². The lowest BCUT2D eigenvalue weighted by molar-refractivity contribution is -0.123. The average molecular weight is 218 g/mol. The second kappa shape index (κ2) is 5.01. The molecule has 2 unspecified atom stereocenters. The van der Waals surface area contributed by atoms with E-state index in [2.05, 4.69) is 12.2 Å². The molecule has 0 aromatic heterocycles. The van der Waals surface area contributed by atoms with Crippen LogP contribution in [0.3, 0.4) is 0 Å². The molecule has 1 rings (SSSR count). The van der Waals surface area contributed by atoms with Gasteiger partial charge in [-0.1, -0.05) is 26.7 Å². The van der Waals surface area contributed by atoms with Gasteiger partial charge < -0.3 is 5.32 Å². The second-order valence-corrected chi connectivity index (χ2v) is 4.78. The van der Waals surface area contributed by atoms with Gasteiger partial charge in [-0.15, -0.1) is 11.6 Å². The van der Waals surface area contributed by atoms with Gasteiger partial charge in [0.15, 0.2) is 0 Å². The highest BCUT2D eigenvalue weighted by Gasteiger charge is 2.35. The normalized spacial score (nSPS) is 32.6. The van der Waals surface area contributed by atoms with E-state index in [0.29, 0.717) is 18.2 Å². The third-order valence-electron chi connectivity index (χ3n) is 3.07. The first kappa shape index (κ1) is 11.8. The SMILES string of the molecule is CCC(=O)NC1(CCl)CCCC(C)C1. The lowest BCUT2D eigenvalue weighted by Gasteiger charge is -2.39. The average Bonchev–Trinajstić information content (AvgIpc) is 2.17. The van der Waals surface area contributed by atoms with Gasteiger partial charge >= 0.3 is 0 Å². The fourth-order valence-electron chi connectivity index (χ4n) is 2.31. The Kier molecular flexibility index (Phi) is 4.24. The van der Waals surface area contributed by atoms with Gasteiger partial charge in [-0.2, -0.15) is 0 Å². The fourth-order valence-corrected chi connectivity index (χ4v) is 2.62. The summed E-state index contributed by atoms with van der Waals surface area (Å²) in [6, 6.07) is 0. The number of hydrogen-bond donors (Lipinski definition) is 1. The summed E-state index contributed by atoms with van der Waals surface area (Å²) in [7, 11) is 0. The van der Waals surface area contributed by atoms with E-state index >= 15 is 0 Å². The van der Waals surface area contributed by atoms with Gasteiger partial charge in [-0.3, -0.25) is 4.79 Å². The molecular formula is C11H20ClNO. The molecule has 0 aliphatic heterocycles. The Morgan fingerprint density at radius 3 is 2.86 bits per heavy atom. The Morgan fingerprint density at radius 1 is 1.64 bits per heavy atom. The molecule has 1 saturated carbocycles. The Morgan fingerprint density at radius 2 is 2.36 bits per heavy atom. The Hall–Kier alpha value is -0.240. The van der Waals surface area contributed by atoms with Gasteiger partial charge in [0.1, 0.15) is 0 Å². The summed E-state index contributed by atoms with van der Waals surface area (Å²) in [6.45, 7) is 4.11. The number of alkyl halides is 1. The first-order valence-corrected chi connectivity index (χ1v) is 6.02. The van der Waals surface area contributed by atoms with Gasteiger partial charge in [0, 0.05) is 12.3 Å². The standard InChI is InChI=1S/C11H20ClNO/c1-3-10(14)13-11(8-12)6-4-5-9(2)7-11/h9H,3-8H2,1-2H3,(H,13,14). The molecule has 1 aliphatic rings. The summed E-state index contributed by atoms with van der Waals surface area (Å²) in [5, 5.41) is 3.09. The van der Waals surface area contributed by atoms with Crippen molar-refractivity contribution in [1.82, 2.24) is 5.32 Å². The van der Waals surface area contributed by atoms with Crippen LogP contribution in [-0.4, -0.2) is 17.3 Å². The Labute approximate surface area is 91.4 Å². The molecule has 1 amide bonds. The number of carbonyl (C=O) groups is 1. The van der Waals surface area contributed by atoms with E-state index < -0.39 is 0 Å². The molecule has 0 aromatic rings. The quantitative estimate of drug-likeness (QED) is 0.724. The van der Waals surface area contributed by atoms with E-state index in [1.165, 1.54) is 12.8 Å². The molecule has 14 heavy (non-hydrogen) atoms. The lowest BCUT2D eigenvalue weighted by atomic mass is 9.77. The fraction of sp³-hybridized carbons (Fsp3) is 0.909. The van der Waals surface area contributed by atoms with Crippen LogP contribution in [0.1, 0.15) is 46.0 Å². The molecule has 1 aliphatic carbocycles. The van der Waals surface area contributed by atoms with Gasteiger partial charge in [-0.05, 0) is 18.8 Å². The van der Waals surface area contributed by atoms with Crippen LogP contribution in [0.25, 0.3) is 0 Å². The zero-order chi connectivity index (χ0) is 10.6.